The highest BCUT2D eigenvalue weighted by atomic mass is 35.5. The van der Waals surface area contributed by atoms with Crippen LogP contribution < -0.4 is 16.5 Å². The number of aryl methyl sites for hydroxylation is 1. The summed E-state index contributed by atoms with van der Waals surface area (Å²) in [5, 5.41) is 6.60. The second-order valence-electron chi connectivity index (χ2n) is 6.71. The summed E-state index contributed by atoms with van der Waals surface area (Å²) >= 11 is 0. The lowest BCUT2D eigenvalue weighted by Crippen LogP contribution is -2.50. The van der Waals surface area contributed by atoms with Gasteiger partial charge in [0.2, 0.25) is 5.43 Å². The minimum absolute atomic E-state index is 0. The standard InChI is InChI=1S/C19H23F3N4O2.ClH/c1-4-18(23,5-2)11-24-17(28)16-15(27)9-12(3)26(25-16)14-8-6-7-13(10-14)19(20,21)22;/h6-10H,4-5,11,23H2,1-3H3,(H,24,28);1H. The lowest BCUT2D eigenvalue weighted by atomic mass is 9.94. The van der Waals surface area contributed by atoms with Crippen molar-refractivity contribution < 1.29 is 18.0 Å². The molecule has 1 aromatic heterocycles. The topological polar surface area (TPSA) is 90.0 Å². The highest BCUT2D eigenvalue weighted by molar-refractivity contribution is 5.92. The highest BCUT2D eigenvalue weighted by Gasteiger charge is 2.30. The number of carbonyl (C=O) groups excluding carboxylic acids is 1. The summed E-state index contributed by atoms with van der Waals surface area (Å²) in [6.07, 6.45) is -3.27. The van der Waals surface area contributed by atoms with Crippen LogP contribution in [0.1, 0.15) is 48.4 Å². The van der Waals surface area contributed by atoms with Crippen molar-refractivity contribution in [2.24, 2.45) is 5.73 Å². The van der Waals surface area contributed by atoms with Gasteiger partial charge in [0.05, 0.1) is 11.3 Å². The summed E-state index contributed by atoms with van der Waals surface area (Å²) < 4.78 is 40.1. The fourth-order valence-electron chi connectivity index (χ4n) is 2.62. The third kappa shape index (κ3) is 5.80. The number of carbonyl (C=O) groups is 1. The van der Waals surface area contributed by atoms with Gasteiger partial charge in [-0.15, -0.1) is 12.4 Å². The summed E-state index contributed by atoms with van der Waals surface area (Å²) in [6, 6.07) is 5.66. The molecule has 0 aliphatic rings. The van der Waals surface area contributed by atoms with E-state index in [1.165, 1.54) is 19.1 Å². The van der Waals surface area contributed by atoms with E-state index in [-0.39, 0.29) is 24.6 Å². The quantitative estimate of drug-likeness (QED) is 0.733. The Morgan fingerprint density at radius 2 is 1.83 bits per heavy atom. The molecular weight excluding hydrogens is 409 g/mol. The number of alkyl halides is 3. The van der Waals surface area contributed by atoms with Crippen molar-refractivity contribution in [3.63, 3.8) is 0 Å². The minimum atomic E-state index is -4.52. The van der Waals surface area contributed by atoms with Crippen LogP contribution in [0.3, 0.4) is 0 Å². The summed E-state index contributed by atoms with van der Waals surface area (Å²) in [5.41, 5.74) is 4.05. The number of hydrogen-bond donors (Lipinski definition) is 2. The van der Waals surface area contributed by atoms with E-state index in [4.69, 9.17) is 5.73 Å². The molecule has 0 aliphatic carbocycles. The molecule has 29 heavy (non-hydrogen) atoms. The molecule has 0 saturated carbocycles. The Balaban J connectivity index is 0.00000420. The molecule has 2 rings (SSSR count). The predicted octanol–water partition coefficient (Wildman–Crippen LogP) is 3.23. The van der Waals surface area contributed by atoms with Crippen molar-refractivity contribution in [3.05, 3.63) is 57.5 Å². The Kier molecular flexibility index (Phi) is 7.99. The summed E-state index contributed by atoms with van der Waals surface area (Å²) in [6.45, 7) is 5.45. The zero-order chi connectivity index (χ0) is 21.1. The van der Waals surface area contributed by atoms with E-state index in [2.05, 4.69) is 10.4 Å². The van der Waals surface area contributed by atoms with E-state index in [1.54, 1.807) is 0 Å². The van der Waals surface area contributed by atoms with Gasteiger partial charge in [-0.05, 0) is 38.0 Å². The van der Waals surface area contributed by atoms with Crippen molar-refractivity contribution in [3.8, 4) is 5.69 Å². The fraction of sp³-hybridized carbons (Fsp3) is 0.421. The van der Waals surface area contributed by atoms with Gasteiger partial charge in [0, 0.05) is 23.8 Å². The predicted molar refractivity (Wildman–Crippen MR) is 107 cm³/mol. The minimum Gasteiger partial charge on any atom is -0.349 e. The Labute approximate surface area is 172 Å². The number of nitrogens with two attached hydrogens (primary N) is 1. The number of benzene rings is 1. The fourth-order valence-corrected chi connectivity index (χ4v) is 2.62. The Morgan fingerprint density at radius 3 is 2.38 bits per heavy atom. The number of nitrogens with zero attached hydrogens (tertiary/aromatic N) is 2. The van der Waals surface area contributed by atoms with Crippen LogP contribution in [-0.4, -0.2) is 27.8 Å². The van der Waals surface area contributed by atoms with E-state index in [0.717, 1.165) is 22.9 Å². The van der Waals surface area contributed by atoms with Gasteiger partial charge in [-0.1, -0.05) is 19.9 Å². The van der Waals surface area contributed by atoms with Crippen molar-refractivity contribution >= 4 is 18.3 Å². The maximum absolute atomic E-state index is 13.0. The third-order valence-electron chi connectivity index (χ3n) is 4.75. The summed E-state index contributed by atoms with van der Waals surface area (Å²) in [4.78, 5) is 24.6. The highest BCUT2D eigenvalue weighted by Crippen LogP contribution is 2.30. The second kappa shape index (κ2) is 9.41. The van der Waals surface area contributed by atoms with E-state index in [0.29, 0.717) is 18.5 Å². The second-order valence-corrected chi connectivity index (χ2v) is 6.71. The SMILES string of the molecule is CCC(N)(CC)CNC(=O)c1nn(-c2cccc(C(F)(F)F)c2)c(C)cc1=O.Cl. The molecule has 0 saturated heterocycles. The van der Waals surface area contributed by atoms with Crippen LogP contribution in [0.5, 0.6) is 0 Å². The normalized spacial score (nSPS) is 11.7. The number of halogens is 4. The average molecular weight is 433 g/mol. The summed E-state index contributed by atoms with van der Waals surface area (Å²) in [7, 11) is 0. The first-order valence-corrected chi connectivity index (χ1v) is 8.86. The van der Waals surface area contributed by atoms with Crippen LogP contribution in [0.15, 0.2) is 35.1 Å². The van der Waals surface area contributed by atoms with Crippen molar-refractivity contribution in [1.82, 2.24) is 15.1 Å². The first-order chi connectivity index (χ1) is 13.0. The average Bonchev–Trinajstić information content (AvgIpc) is 2.65. The first-order valence-electron chi connectivity index (χ1n) is 8.86. The maximum atomic E-state index is 13.0. The molecule has 0 spiro atoms. The molecule has 0 unspecified atom stereocenters. The zero-order valence-electron chi connectivity index (χ0n) is 16.3. The third-order valence-corrected chi connectivity index (χ3v) is 4.75. The molecule has 2 aromatic rings. The van der Waals surface area contributed by atoms with Crippen molar-refractivity contribution in [2.75, 3.05) is 6.54 Å². The van der Waals surface area contributed by atoms with Gasteiger partial charge in [-0.3, -0.25) is 9.59 Å². The number of rotatable bonds is 6. The molecular formula is C19H24ClF3N4O2. The van der Waals surface area contributed by atoms with E-state index >= 15 is 0 Å². The van der Waals surface area contributed by atoms with Crippen LogP contribution in [0.2, 0.25) is 0 Å². The molecule has 3 N–H and O–H groups in total. The van der Waals surface area contributed by atoms with Crippen LogP contribution in [0.25, 0.3) is 5.69 Å². The van der Waals surface area contributed by atoms with Crippen LogP contribution in [0, 0.1) is 6.92 Å². The molecule has 6 nitrogen and oxygen atoms in total. The lowest BCUT2D eigenvalue weighted by molar-refractivity contribution is -0.137. The first kappa shape index (κ1) is 24.6. The summed E-state index contributed by atoms with van der Waals surface area (Å²) in [5.74, 6) is -0.720. The van der Waals surface area contributed by atoms with Crippen LogP contribution in [-0.2, 0) is 6.18 Å². The number of aromatic nitrogens is 2. The van der Waals surface area contributed by atoms with Gasteiger partial charge >= 0.3 is 6.18 Å². The molecule has 0 bridgehead atoms. The van der Waals surface area contributed by atoms with Gasteiger partial charge in [0.25, 0.3) is 5.91 Å². The van der Waals surface area contributed by atoms with E-state index in [1.807, 2.05) is 13.8 Å². The van der Waals surface area contributed by atoms with Crippen LogP contribution in [0.4, 0.5) is 13.2 Å². The van der Waals surface area contributed by atoms with E-state index in [9.17, 15) is 22.8 Å². The Bertz CT molecular complexity index is 924. The van der Waals surface area contributed by atoms with Crippen molar-refractivity contribution in [1.29, 1.82) is 0 Å². The van der Waals surface area contributed by atoms with Crippen LogP contribution >= 0.6 is 12.4 Å². The molecule has 160 valence electrons. The molecule has 1 heterocycles. The molecule has 1 aromatic carbocycles. The zero-order valence-corrected chi connectivity index (χ0v) is 17.2. The van der Waals surface area contributed by atoms with Gasteiger partial charge < -0.3 is 11.1 Å². The van der Waals surface area contributed by atoms with Gasteiger partial charge in [-0.2, -0.15) is 18.3 Å². The van der Waals surface area contributed by atoms with Gasteiger partial charge in [0.15, 0.2) is 5.69 Å². The lowest BCUT2D eigenvalue weighted by Gasteiger charge is -2.26. The molecule has 0 atom stereocenters. The largest absolute Gasteiger partial charge is 0.416 e. The maximum Gasteiger partial charge on any atom is 0.416 e. The molecule has 10 heteroatoms. The van der Waals surface area contributed by atoms with Crippen molar-refractivity contribution in [2.45, 2.75) is 45.3 Å². The Morgan fingerprint density at radius 1 is 1.21 bits per heavy atom. The number of nitrogens with one attached hydrogen (secondary N) is 1. The molecule has 0 fully saturated rings. The number of hydrogen-bond acceptors (Lipinski definition) is 4. The van der Waals surface area contributed by atoms with E-state index < -0.39 is 34.3 Å². The number of amides is 1. The van der Waals surface area contributed by atoms with Gasteiger partial charge in [0.1, 0.15) is 0 Å². The molecule has 0 aliphatic heterocycles. The Hall–Kier alpha value is -2.39. The molecule has 0 radical (unpaired) electrons. The molecule has 1 amide bonds. The monoisotopic (exact) mass is 432 g/mol. The van der Waals surface area contributed by atoms with Gasteiger partial charge in [-0.25, -0.2) is 4.68 Å². The smallest absolute Gasteiger partial charge is 0.349 e.